The molecule has 1 aromatic carbocycles. The van der Waals surface area contributed by atoms with Crippen LogP contribution in [0.2, 0.25) is 0 Å². The van der Waals surface area contributed by atoms with Gasteiger partial charge in [-0.25, -0.2) is 4.98 Å². The van der Waals surface area contributed by atoms with E-state index in [1.54, 1.807) is 49.5 Å². The summed E-state index contributed by atoms with van der Waals surface area (Å²) in [5.74, 6) is 1.23. The van der Waals surface area contributed by atoms with Crippen LogP contribution < -0.4 is 9.47 Å². The van der Waals surface area contributed by atoms with E-state index in [4.69, 9.17) is 9.47 Å². The average Bonchev–Trinajstić information content (AvgIpc) is 2.83. The number of aryl methyl sites for hydroxylation is 1. The molecule has 0 saturated carbocycles. The van der Waals surface area contributed by atoms with Gasteiger partial charge in [-0.1, -0.05) is 6.07 Å². The van der Waals surface area contributed by atoms with Crippen molar-refractivity contribution >= 4 is 0 Å². The maximum atomic E-state index is 10.3. The largest absolute Gasteiger partial charge is 0.493 e. The summed E-state index contributed by atoms with van der Waals surface area (Å²) in [5, 5.41) is 10.3. The molecule has 1 unspecified atom stereocenters. The molecule has 2 aromatic rings. The molecular weight excluding hydrogens is 232 g/mol. The highest BCUT2D eigenvalue weighted by atomic mass is 16.5. The van der Waals surface area contributed by atoms with Gasteiger partial charge in [-0.3, -0.25) is 0 Å². The maximum Gasteiger partial charge on any atom is 0.161 e. The summed E-state index contributed by atoms with van der Waals surface area (Å²) in [4.78, 5) is 3.99. The Morgan fingerprint density at radius 2 is 1.94 bits per heavy atom. The zero-order valence-electron chi connectivity index (χ0n) is 10.6. The van der Waals surface area contributed by atoms with Crippen LogP contribution in [0.4, 0.5) is 0 Å². The van der Waals surface area contributed by atoms with Crippen molar-refractivity contribution in [3.05, 3.63) is 42.0 Å². The number of imidazole rings is 1. The second-order valence-corrected chi connectivity index (χ2v) is 3.95. The first kappa shape index (κ1) is 12.4. The first-order valence-corrected chi connectivity index (χ1v) is 5.53. The normalized spacial score (nSPS) is 12.2. The number of ether oxygens (including phenoxy) is 2. The average molecular weight is 248 g/mol. The molecule has 0 aliphatic heterocycles. The lowest BCUT2D eigenvalue weighted by atomic mass is 10.1. The lowest BCUT2D eigenvalue weighted by Gasteiger charge is -2.14. The van der Waals surface area contributed by atoms with Crippen molar-refractivity contribution in [2.24, 2.45) is 7.05 Å². The molecule has 0 bridgehead atoms. The van der Waals surface area contributed by atoms with Gasteiger partial charge >= 0.3 is 0 Å². The molecule has 96 valence electrons. The molecule has 1 atom stereocenters. The highest BCUT2D eigenvalue weighted by Gasteiger charge is 2.16. The highest BCUT2D eigenvalue weighted by molar-refractivity contribution is 5.44. The minimum Gasteiger partial charge on any atom is -0.493 e. The van der Waals surface area contributed by atoms with E-state index in [1.807, 2.05) is 7.05 Å². The second-order valence-electron chi connectivity index (χ2n) is 3.95. The minimum atomic E-state index is -0.739. The molecule has 2 rings (SSSR count). The van der Waals surface area contributed by atoms with Crippen LogP contribution in [-0.4, -0.2) is 28.9 Å². The van der Waals surface area contributed by atoms with Crippen molar-refractivity contribution < 1.29 is 14.6 Å². The van der Waals surface area contributed by atoms with Gasteiger partial charge in [-0.2, -0.15) is 0 Å². The number of aliphatic hydroxyl groups is 1. The molecule has 0 aliphatic carbocycles. The number of methoxy groups -OCH3 is 2. The summed E-state index contributed by atoms with van der Waals surface area (Å²) in [5.41, 5.74) is 1.46. The molecule has 0 aliphatic rings. The van der Waals surface area contributed by atoms with Crippen molar-refractivity contribution in [2.75, 3.05) is 14.2 Å². The third-order valence-corrected chi connectivity index (χ3v) is 2.86. The Labute approximate surface area is 106 Å². The van der Waals surface area contributed by atoms with Crippen LogP contribution in [0.1, 0.15) is 17.4 Å². The molecule has 1 heterocycles. The van der Waals surface area contributed by atoms with Crippen LogP contribution in [0.25, 0.3) is 0 Å². The fourth-order valence-corrected chi connectivity index (χ4v) is 1.82. The van der Waals surface area contributed by atoms with E-state index < -0.39 is 6.10 Å². The van der Waals surface area contributed by atoms with Crippen molar-refractivity contribution in [2.45, 2.75) is 6.10 Å². The van der Waals surface area contributed by atoms with Gasteiger partial charge in [0.05, 0.1) is 32.4 Å². The number of rotatable bonds is 4. The number of aromatic nitrogens is 2. The Kier molecular flexibility index (Phi) is 3.53. The summed E-state index contributed by atoms with van der Waals surface area (Å²) < 4.78 is 12.2. The smallest absolute Gasteiger partial charge is 0.161 e. The van der Waals surface area contributed by atoms with Crippen molar-refractivity contribution in [3.8, 4) is 11.5 Å². The first-order chi connectivity index (χ1) is 8.67. The van der Waals surface area contributed by atoms with Crippen LogP contribution >= 0.6 is 0 Å². The monoisotopic (exact) mass is 248 g/mol. The summed E-state index contributed by atoms with van der Waals surface area (Å²) in [7, 11) is 4.99. The van der Waals surface area contributed by atoms with Gasteiger partial charge in [0.15, 0.2) is 11.5 Å². The highest BCUT2D eigenvalue weighted by Crippen LogP contribution is 2.31. The van der Waals surface area contributed by atoms with Crippen molar-refractivity contribution in [3.63, 3.8) is 0 Å². The van der Waals surface area contributed by atoms with Gasteiger partial charge in [0.1, 0.15) is 6.10 Å². The Bertz CT molecular complexity index is 537. The van der Waals surface area contributed by atoms with Gasteiger partial charge in [0.2, 0.25) is 0 Å². The number of hydrogen-bond donors (Lipinski definition) is 1. The molecule has 1 N–H and O–H groups in total. The summed E-state index contributed by atoms with van der Waals surface area (Å²) in [6.07, 6.45) is 2.55. The van der Waals surface area contributed by atoms with E-state index in [1.165, 1.54) is 0 Å². The molecule has 0 saturated heterocycles. The van der Waals surface area contributed by atoms with Crippen LogP contribution in [0.3, 0.4) is 0 Å². The van der Waals surface area contributed by atoms with E-state index in [0.29, 0.717) is 11.5 Å². The first-order valence-electron chi connectivity index (χ1n) is 5.53. The fourth-order valence-electron chi connectivity index (χ4n) is 1.82. The van der Waals surface area contributed by atoms with Gasteiger partial charge < -0.3 is 19.1 Å². The number of benzene rings is 1. The maximum absolute atomic E-state index is 10.3. The van der Waals surface area contributed by atoms with E-state index in [9.17, 15) is 5.11 Å². The number of hydrogen-bond acceptors (Lipinski definition) is 4. The quantitative estimate of drug-likeness (QED) is 0.891. The lowest BCUT2D eigenvalue weighted by molar-refractivity contribution is 0.210. The van der Waals surface area contributed by atoms with E-state index in [2.05, 4.69) is 4.98 Å². The molecule has 1 aromatic heterocycles. The van der Waals surface area contributed by atoms with Crippen LogP contribution in [0.15, 0.2) is 30.7 Å². The predicted octanol–water partition coefficient (Wildman–Crippen LogP) is 1.52. The lowest BCUT2D eigenvalue weighted by Crippen LogP contribution is -2.05. The fraction of sp³-hybridized carbons (Fsp3) is 0.308. The predicted molar refractivity (Wildman–Crippen MR) is 66.8 cm³/mol. The third kappa shape index (κ3) is 2.17. The summed E-state index contributed by atoms with van der Waals surface area (Å²) in [6, 6.07) is 5.34. The van der Waals surface area contributed by atoms with E-state index in [-0.39, 0.29) is 0 Å². The Balaban J connectivity index is 2.37. The number of nitrogens with zero attached hydrogens (tertiary/aromatic N) is 2. The third-order valence-electron chi connectivity index (χ3n) is 2.86. The molecule has 0 amide bonds. The Morgan fingerprint density at radius 3 is 2.50 bits per heavy atom. The van der Waals surface area contributed by atoms with Crippen LogP contribution in [0, 0.1) is 0 Å². The van der Waals surface area contributed by atoms with Crippen molar-refractivity contribution in [1.29, 1.82) is 0 Å². The van der Waals surface area contributed by atoms with Crippen LogP contribution in [-0.2, 0) is 7.05 Å². The second kappa shape index (κ2) is 5.10. The van der Waals surface area contributed by atoms with Crippen molar-refractivity contribution in [1.82, 2.24) is 9.55 Å². The van der Waals surface area contributed by atoms with E-state index >= 15 is 0 Å². The standard InChI is InChI=1S/C13H16N2O3/c1-15-8-14-7-10(15)13(16)9-4-5-11(17-2)12(6-9)18-3/h4-8,13,16H,1-3H3. The summed E-state index contributed by atoms with van der Waals surface area (Å²) >= 11 is 0. The molecule has 0 radical (unpaired) electrons. The van der Waals surface area contributed by atoms with Gasteiger partial charge in [0, 0.05) is 7.05 Å². The zero-order valence-corrected chi connectivity index (χ0v) is 10.6. The molecule has 5 nitrogen and oxygen atoms in total. The molecule has 18 heavy (non-hydrogen) atoms. The molecule has 0 spiro atoms. The molecule has 0 fully saturated rings. The SMILES string of the molecule is COc1ccc(C(O)c2cncn2C)cc1OC. The Morgan fingerprint density at radius 1 is 1.22 bits per heavy atom. The van der Waals surface area contributed by atoms with E-state index in [0.717, 1.165) is 11.3 Å². The minimum absolute atomic E-state index is 0.594. The zero-order chi connectivity index (χ0) is 13.1. The Hall–Kier alpha value is -2.01. The number of aliphatic hydroxyl groups excluding tert-OH is 1. The topological polar surface area (TPSA) is 56.5 Å². The van der Waals surface area contributed by atoms with Gasteiger partial charge in [-0.15, -0.1) is 0 Å². The van der Waals surface area contributed by atoms with Gasteiger partial charge in [-0.05, 0) is 17.7 Å². The molecular formula is C13H16N2O3. The van der Waals surface area contributed by atoms with Crippen LogP contribution in [0.5, 0.6) is 11.5 Å². The summed E-state index contributed by atoms with van der Waals surface area (Å²) in [6.45, 7) is 0. The molecule has 5 heteroatoms. The van der Waals surface area contributed by atoms with Gasteiger partial charge in [0.25, 0.3) is 0 Å².